The number of allylic oxidation sites excluding steroid dienone is 1. The quantitative estimate of drug-likeness (QED) is 0.104. The Kier molecular flexibility index (Phi) is 13.0. The van der Waals surface area contributed by atoms with Crippen molar-refractivity contribution < 1.29 is 47.6 Å². The summed E-state index contributed by atoms with van der Waals surface area (Å²) in [6.07, 6.45) is 6.01. The molecule has 10 nitrogen and oxygen atoms in total. The molecule has 0 heterocycles. The van der Waals surface area contributed by atoms with Crippen molar-refractivity contribution in [2.75, 3.05) is 26.4 Å². The van der Waals surface area contributed by atoms with E-state index >= 15 is 0 Å². The van der Waals surface area contributed by atoms with Gasteiger partial charge in [-0.25, -0.2) is 19.2 Å². The molecule has 232 valence electrons. The van der Waals surface area contributed by atoms with Crippen molar-refractivity contribution >= 4 is 23.9 Å². The fraction of sp³-hybridized carbons (Fsp3) is 0.294. The molecular formula is C34H36O10. The van der Waals surface area contributed by atoms with Crippen molar-refractivity contribution in [3.8, 4) is 11.5 Å². The van der Waals surface area contributed by atoms with E-state index in [4.69, 9.17) is 28.4 Å². The lowest BCUT2D eigenvalue weighted by Gasteiger charge is -2.27. The molecule has 0 bridgehead atoms. The average Bonchev–Trinajstić information content (AvgIpc) is 3.04. The van der Waals surface area contributed by atoms with E-state index in [-0.39, 0.29) is 19.1 Å². The minimum atomic E-state index is -0.545. The van der Waals surface area contributed by atoms with Crippen LogP contribution in [-0.4, -0.2) is 56.4 Å². The van der Waals surface area contributed by atoms with Crippen LogP contribution in [0.25, 0.3) is 0 Å². The minimum absolute atomic E-state index is 0.221. The van der Waals surface area contributed by atoms with Gasteiger partial charge in [0, 0.05) is 30.9 Å². The van der Waals surface area contributed by atoms with Crippen LogP contribution in [0, 0.1) is 5.92 Å². The fourth-order valence-electron chi connectivity index (χ4n) is 3.89. The molecule has 0 saturated carbocycles. The summed E-state index contributed by atoms with van der Waals surface area (Å²) in [6.45, 7) is 11.5. The first-order chi connectivity index (χ1) is 21.2. The molecule has 0 spiro atoms. The smallest absolute Gasteiger partial charge is 0.343 e. The van der Waals surface area contributed by atoms with Gasteiger partial charge in [-0.1, -0.05) is 20.1 Å². The monoisotopic (exact) mass is 604 g/mol. The van der Waals surface area contributed by atoms with Gasteiger partial charge in [-0.05, 0) is 73.2 Å². The summed E-state index contributed by atoms with van der Waals surface area (Å²) in [5, 5.41) is 0. The molecule has 44 heavy (non-hydrogen) atoms. The highest BCUT2D eigenvalue weighted by Crippen LogP contribution is 2.29. The van der Waals surface area contributed by atoms with Crippen LogP contribution in [0.5, 0.6) is 11.5 Å². The molecule has 0 aliphatic heterocycles. The highest BCUT2D eigenvalue weighted by atomic mass is 16.6. The molecule has 3 rings (SSSR count). The third-order valence-electron chi connectivity index (χ3n) is 6.56. The second-order valence-corrected chi connectivity index (χ2v) is 9.65. The van der Waals surface area contributed by atoms with E-state index in [9.17, 15) is 19.2 Å². The second kappa shape index (κ2) is 17.1. The molecule has 0 saturated heterocycles. The van der Waals surface area contributed by atoms with Gasteiger partial charge in [-0.15, -0.1) is 0 Å². The largest absolute Gasteiger partial charge is 0.493 e. The van der Waals surface area contributed by atoms with Crippen LogP contribution in [0.4, 0.5) is 0 Å². The molecular weight excluding hydrogens is 568 g/mol. The minimum Gasteiger partial charge on any atom is -0.493 e. The van der Waals surface area contributed by atoms with Crippen molar-refractivity contribution in [1.82, 2.24) is 0 Å². The van der Waals surface area contributed by atoms with Crippen LogP contribution in [0.1, 0.15) is 47.4 Å². The van der Waals surface area contributed by atoms with Gasteiger partial charge in [-0.2, -0.15) is 0 Å². The van der Waals surface area contributed by atoms with Gasteiger partial charge >= 0.3 is 23.9 Å². The number of hydrogen-bond acceptors (Lipinski definition) is 10. The number of carbonyl (C=O) groups is 4. The molecule has 0 N–H and O–H groups in total. The molecule has 1 aliphatic rings. The van der Waals surface area contributed by atoms with Crippen molar-refractivity contribution in [2.24, 2.45) is 5.92 Å². The highest BCUT2D eigenvalue weighted by molar-refractivity contribution is 5.91. The summed E-state index contributed by atoms with van der Waals surface area (Å²) in [5.41, 5.74) is 1.47. The third kappa shape index (κ3) is 10.3. The molecule has 10 heteroatoms. The first-order valence-electron chi connectivity index (χ1n) is 14.1. The van der Waals surface area contributed by atoms with Crippen LogP contribution < -0.4 is 9.47 Å². The second-order valence-electron chi connectivity index (χ2n) is 9.65. The lowest BCUT2D eigenvalue weighted by atomic mass is 9.90. The summed E-state index contributed by atoms with van der Waals surface area (Å²) >= 11 is 0. The molecule has 0 radical (unpaired) electrons. The molecule has 2 aromatic carbocycles. The maximum absolute atomic E-state index is 12.8. The van der Waals surface area contributed by atoms with E-state index in [0.717, 1.165) is 17.7 Å². The van der Waals surface area contributed by atoms with Crippen molar-refractivity contribution in [3.63, 3.8) is 0 Å². The number of rotatable bonds is 16. The third-order valence-corrected chi connectivity index (χ3v) is 6.56. The van der Waals surface area contributed by atoms with Crippen LogP contribution in [-0.2, 0) is 28.5 Å². The Morgan fingerprint density at radius 2 is 1.20 bits per heavy atom. The lowest BCUT2D eigenvalue weighted by molar-refractivity contribution is -0.138. The summed E-state index contributed by atoms with van der Waals surface area (Å²) < 4.78 is 32.3. The zero-order valence-corrected chi connectivity index (χ0v) is 24.8. The Bertz CT molecular complexity index is 1390. The van der Waals surface area contributed by atoms with Gasteiger partial charge in [0.2, 0.25) is 0 Å². The van der Waals surface area contributed by atoms with Crippen molar-refractivity contribution in [2.45, 2.75) is 32.8 Å². The Morgan fingerprint density at radius 3 is 1.68 bits per heavy atom. The molecule has 2 aromatic rings. The normalized spacial score (nSPS) is 15.5. The number of carbonyl (C=O) groups excluding carboxylic acids is 4. The summed E-state index contributed by atoms with van der Waals surface area (Å²) in [5.74, 6) is -0.697. The van der Waals surface area contributed by atoms with Gasteiger partial charge in [0.25, 0.3) is 0 Å². The summed E-state index contributed by atoms with van der Waals surface area (Å²) in [7, 11) is 0. The highest BCUT2D eigenvalue weighted by Gasteiger charge is 2.28. The van der Waals surface area contributed by atoms with Crippen LogP contribution in [0.2, 0.25) is 0 Å². The fourth-order valence-corrected chi connectivity index (χ4v) is 3.89. The zero-order valence-electron chi connectivity index (χ0n) is 24.8. The molecule has 2 atom stereocenters. The maximum Gasteiger partial charge on any atom is 0.343 e. The maximum atomic E-state index is 12.8. The molecule has 0 aromatic heterocycles. The summed E-state index contributed by atoms with van der Waals surface area (Å²) in [4.78, 5) is 47.6. The van der Waals surface area contributed by atoms with Gasteiger partial charge in [-0.3, -0.25) is 0 Å². The average molecular weight is 605 g/mol. The first kappa shape index (κ1) is 33.4. The van der Waals surface area contributed by atoms with E-state index in [1.807, 2.05) is 13.8 Å². The van der Waals surface area contributed by atoms with Gasteiger partial charge in [0.15, 0.2) is 0 Å². The topological polar surface area (TPSA) is 124 Å². The van der Waals surface area contributed by atoms with E-state index < -0.39 is 30.0 Å². The van der Waals surface area contributed by atoms with E-state index in [1.54, 1.807) is 60.7 Å². The number of hydrogen-bond donors (Lipinski definition) is 0. The molecule has 0 amide bonds. The Hall–Kier alpha value is -5.12. The Morgan fingerprint density at radius 1 is 0.727 bits per heavy atom. The van der Waals surface area contributed by atoms with E-state index in [0.29, 0.717) is 54.4 Å². The number of benzene rings is 2. The number of ether oxygens (including phenoxy) is 6. The van der Waals surface area contributed by atoms with Gasteiger partial charge < -0.3 is 28.4 Å². The lowest BCUT2D eigenvalue weighted by Crippen LogP contribution is -2.27. The zero-order chi connectivity index (χ0) is 31.9. The predicted octanol–water partition coefficient (Wildman–Crippen LogP) is 5.55. The van der Waals surface area contributed by atoms with E-state index in [1.165, 1.54) is 0 Å². The standard InChI is InChI=1S/C34H36O10/c1-5-31(35)41-21-7-19-39-27-13-9-25(10-14-27)33(37)43-29-17-18-30(24(4)23(29)3)44-34(38)26-11-15-28(16-12-26)40-20-8-22-42-32(36)6-2/h5-6,9-18,23,29H,1-2,7-8,19-22H2,3-4H3. The molecule has 2 unspecified atom stereocenters. The van der Waals surface area contributed by atoms with Crippen LogP contribution in [0.3, 0.4) is 0 Å². The van der Waals surface area contributed by atoms with Gasteiger partial charge in [0.1, 0.15) is 23.4 Å². The Balaban J connectivity index is 1.45. The first-order valence-corrected chi connectivity index (χ1v) is 14.1. The van der Waals surface area contributed by atoms with Crippen LogP contribution in [0.15, 0.2) is 97.3 Å². The SMILES string of the molecule is C=CC(=O)OCCCOc1ccc(C(=O)OC2=C(C)C(C)C(OC(=O)c3ccc(OCCCOC(=O)C=C)cc3)C=C2)cc1. The number of esters is 4. The Labute approximate surface area is 256 Å². The van der Waals surface area contributed by atoms with E-state index in [2.05, 4.69) is 13.2 Å². The molecule has 1 aliphatic carbocycles. The summed E-state index contributed by atoms with van der Waals surface area (Å²) in [6, 6.07) is 13.1. The molecule has 0 fully saturated rings. The predicted molar refractivity (Wildman–Crippen MR) is 161 cm³/mol. The van der Waals surface area contributed by atoms with Crippen molar-refractivity contribution in [3.05, 3.63) is 108 Å². The van der Waals surface area contributed by atoms with Crippen molar-refractivity contribution in [1.29, 1.82) is 0 Å². The van der Waals surface area contributed by atoms with Crippen LogP contribution >= 0.6 is 0 Å². The van der Waals surface area contributed by atoms with Gasteiger partial charge in [0.05, 0.1) is 37.6 Å².